The molecule has 2 rings (SSSR count). The minimum absolute atomic E-state index is 0.222. The highest BCUT2D eigenvalue weighted by Gasteiger charge is 2.12. The average Bonchev–Trinajstić information content (AvgIpc) is 2.42. The molecular weight excluding hydrogens is 324 g/mol. The van der Waals surface area contributed by atoms with E-state index in [0.29, 0.717) is 22.9 Å². The zero-order valence-corrected chi connectivity index (χ0v) is 12.3. The van der Waals surface area contributed by atoms with E-state index in [9.17, 15) is 4.79 Å². The molecule has 0 atom stereocenters. The summed E-state index contributed by atoms with van der Waals surface area (Å²) in [6.07, 6.45) is 1.45. The van der Waals surface area contributed by atoms with E-state index in [2.05, 4.69) is 26.2 Å². The Labute approximate surface area is 124 Å². The van der Waals surface area contributed by atoms with Crippen molar-refractivity contribution >= 4 is 39.0 Å². The van der Waals surface area contributed by atoms with Crippen LogP contribution < -0.4 is 21.5 Å². The van der Waals surface area contributed by atoms with Crippen molar-refractivity contribution in [3.05, 3.63) is 40.5 Å². The van der Waals surface area contributed by atoms with Gasteiger partial charge in [0.2, 0.25) is 0 Å². The fourth-order valence-corrected chi connectivity index (χ4v) is 1.97. The number of carbonyl (C=O) groups is 1. The number of hydrogen-bond donors (Lipinski definition) is 3. The molecule has 1 amide bonds. The van der Waals surface area contributed by atoms with Gasteiger partial charge in [-0.05, 0) is 34.1 Å². The van der Waals surface area contributed by atoms with Crippen LogP contribution in [0.15, 0.2) is 34.9 Å². The van der Waals surface area contributed by atoms with E-state index in [4.69, 9.17) is 16.2 Å². The lowest BCUT2D eigenvalue weighted by molar-refractivity contribution is 0.100. The summed E-state index contributed by atoms with van der Waals surface area (Å²) in [5.41, 5.74) is 12.2. The molecule has 104 valence electrons. The van der Waals surface area contributed by atoms with Gasteiger partial charge in [0, 0.05) is 10.5 Å². The van der Waals surface area contributed by atoms with Crippen LogP contribution in [0.1, 0.15) is 10.4 Å². The molecule has 2 aromatic rings. The number of nitrogens with two attached hydrogens (primary N) is 2. The van der Waals surface area contributed by atoms with Gasteiger partial charge in [-0.2, -0.15) is 0 Å². The number of halogens is 1. The molecule has 1 heterocycles. The summed E-state index contributed by atoms with van der Waals surface area (Å²) in [5, 5.41) is 3.03. The number of rotatable bonds is 4. The standard InChI is InChI=1S/C13H13BrN4O2/c1-20-8-2-3-10(14)11(5-8)18-13-9(12(16)19)4-7(15)6-17-13/h2-6H,15H2,1H3,(H2,16,19)(H,17,18). The minimum Gasteiger partial charge on any atom is -0.497 e. The first-order valence-electron chi connectivity index (χ1n) is 5.67. The predicted molar refractivity (Wildman–Crippen MR) is 81.1 cm³/mol. The smallest absolute Gasteiger partial charge is 0.252 e. The van der Waals surface area contributed by atoms with Gasteiger partial charge < -0.3 is 21.5 Å². The Morgan fingerprint density at radius 2 is 2.15 bits per heavy atom. The molecule has 0 saturated carbocycles. The summed E-state index contributed by atoms with van der Waals surface area (Å²) < 4.78 is 5.95. The maximum absolute atomic E-state index is 11.4. The molecular formula is C13H13BrN4O2. The van der Waals surface area contributed by atoms with Crippen LogP contribution in [0.2, 0.25) is 0 Å². The fourth-order valence-electron chi connectivity index (χ4n) is 1.62. The van der Waals surface area contributed by atoms with Crippen LogP contribution in [0.25, 0.3) is 0 Å². The third-order valence-corrected chi connectivity index (χ3v) is 3.29. The Morgan fingerprint density at radius 3 is 2.80 bits per heavy atom. The molecule has 0 aliphatic heterocycles. The summed E-state index contributed by atoms with van der Waals surface area (Å²) in [6, 6.07) is 6.88. The lowest BCUT2D eigenvalue weighted by Gasteiger charge is -2.12. The number of primary amides is 1. The van der Waals surface area contributed by atoms with E-state index >= 15 is 0 Å². The largest absolute Gasteiger partial charge is 0.497 e. The summed E-state index contributed by atoms with van der Waals surface area (Å²) in [7, 11) is 1.57. The number of nitrogens with one attached hydrogen (secondary N) is 1. The Bertz CT molecular complexity index is 661. The second-order valence-corrected chi connectivity index (χ2v) is 4.85. The fraction of sp³-hybridized carbons (Fsp3) is 0.0769. The number of pyridine rings is 1. The number of amides is 1. The monoisotopic (exact) mass is 336 g/mol. The van der Waals surface area contributed by atoms with Crippen LogP contribution in [0.5, 0.6) is 5.75 Å². The van der Waals surface area contributed by atoms with Crippen LogP contribution in [0.3, 0.4) is 0 Å². The van der Waals surface area contributed by atoms with Gasteiger partial charge in [-0.25, -0.2) is 4.98 Å². The van der Waals surface area contributed by atoms with Crippen molar-refractivity contribution < 1.29 is 9.53 Å². The number of carbonyl (C=O) groups excluding carboxylic acids is 1. The topological polar surface area (TPSA) is 103 Å². The Kier molecular flexibility index (Phi) is 4.09. The molecule has 7 heteroatoms. The first-order valence-corrected chi connectivity index (χ1v) is 6.46. The van der Waals surface area contributed by atoms with Crippen LogP contribution in [0, 0.1) is 0 Å². The second-order valence-electron chi connectivity index (χ2n) is 4.00. The van der Waals surface area contributed by atoms with Gasteiger partial charge in [0.25, 0.3) is 5.91 Å². The third-order valence-electron chi connectivity index (χ3n) is 2.60. The van der Waals surface area contributed by atoms with Crippen molar-refractivity contribution in [3.63, 3.8) is 0 Å². The number of nitrogen functional groups attached to an aromatic ring is 1. The number of ether oxygens (including phenoxy) is 1. The lowest BCUT2D eigenvalue weighted by Crippen LogP contribution is -2.15. The van der Waals surface area contributed by atoms with Gasteiger partial charge in [-0.3, -0.25) is 4.79 Å². The quantitative estimate of drug-likeness (QED) is 0.794. The molecule has 20 heavy (non-hydrogen) atoms. The molecule has 0 aliphatic carbocycles. The van der Waals surface area contributed by atoms with E-state index < -0.39 is 5.91 Å². The molecule has 6 nitrogen and oxygen atoms in total. The Balaban J connectivity index is 2.42. The molecule has 0 radical (unpaired) electrons. The lowest BCUT2D eigenvalue weighted by atomic mass is 10.2. The number of nitrogens with zero attached hydrogens (tertiary/aromatic N) is 1. The predicted octanol–water partition coefficient (Wildman–Crippen LogP) is 2.28. The van der Waals surface area contributed by atoms with Gasteiger partial charge in [0.05, 0.1) is 30.2 Å². The zero-order chi connectivity index (χ0) is 14.7. The number of anilines is 3. The minimum atomic E-state index is -0.605. The van der Waals surface area contributed by atoms with E-state index in [1.807, 2.05) is 6.07 Å². The molecule has 0 bridgehead atoms. The molecule has 0 aliphatic rings. The first kappa shape index (κ1) is 14.1. The number of methoxy groups -OCH3 is 1. The molecule has 0 saturated heterocycles. The van der Waals surface area contributed by atoms with E-state index in [0.717, 1.165) is 4.47 Å². The number of hydrogen-bond acceptors (Lipinski definition) is 5. The van der Waals surface area contributed by atoms with Crippen LogP contribution in [-0.4, -0.2) is 18.0 Å². The van der Waals surface area contributed by atoms with Gasteiger partial charge in [-0.1, -0.05) is 0 Å². The normalized spacial score (nSPS) is 10.1. The average molecular weight is 337 g/mol. The first-order chi connectivity index (χ1) is 9.51. The van der Waals surface area contributed by atoms with Crippen LogP contribution in [-0.2, 0) is 0 Å². The van der Waals surface area contributed by atoms with Gasteiger partial charge in [0.1, 0.15) is 11.6 Å². The van der Waals surface area contributed by atoms with Crippen molar-refractivity contribution in [2.45, 2.75) is 0 Å². The highest BCUT2D eigenvalue weighted by molar-refractivity contribution is 9.10. The zero-order valence-electron chi connectivity index (χ0n) is 10.7. The van der Waals surface area contributed by atoms with Gasteiger partial charge in [0.15, 0.2) is 0 Å². The van der Waals surface area contributed by atoms with Crippen molar-refractivity contribution in [1.82, 2.24) is 4.98 Å². The molecule has 0 unspecified atom stereocenters. The van der Waals surface area contributed by atoms with Crippen LogP contribution in [0.4, 0.5) is 17.2 Å². The van der Waals surface area contributed by atoms with Gasteiger partial charge >= 0.3 is 0 Å². The second kappa shape index (κ2) is 5.79. The number of aromatic nitrogens is 1. The van der Waals surface area contributed by atoms with Crippen molar-refractivity contribution in [3.8, 4) is 5.75 Å². The van der Waals surface area contributed by atoms with E-state index in [1.165, 1.54) is 12.3 Å². The highest BCUT2D eigenvalue weighted by Crippen LogP contribution is 2.30. The third kappa shape index (κ3) is 3.00. The molecule has 5 N–H and O–H groups in total. The van der Waals surface area contributed by atoms with Crippen molar-refractivity contribution in [1.29, 1.82) is 0 Å². The summed E-state index contributed by atoms with van der Waals surface area (Å²) in [5.74, 6) is 0.402. The Hall–Kier alpha value is -2.28. The molecule has 0 fully saturated rings. The van der Waals surface area contributed by atoms with Gasteiger partial charge in [-0.15, -0.1) is 0 Å². The summed E-state index contributed by atoms with van der Waals surface area (Å²) in [4.78, 5) is 15.5. The van der Waals surface area contributed by atoms with Crippen LogP contribution >= 0.6 is 15.9 Å². The molecule has 1 aromatic carbocycles. The molecule has 0 spiro atoms. The maximum Gasteiger partial charge on any atom is 0.252 e. The Morgan fingerprint density at radius 1 is 1.40 bits per heavy atom. The SMILES string of the molecule is COc1ccc(Br)c(Nc2ncc(N)cc2C(N)=O)c1. The summed E-state index contributed by atoms with van der Waals surface area (Å²) >= 11 is 3.41. The van der Waals surface area contributed by atoms with E-state index in [-0.39, 0.29) is 5.56 Å². The number of benzene rings is 1. The molecule has 1 aromatic heterocycles. The summed E-state index contributed by atoms with van der Waals surface area (Å²) in [6.45, 7) is 0. The van der Waals surface area contributed by atoms with E-state index in [1.54, 1.807) is 19.2 Å². The highest BCUT2D eigenvalue weighted by atomic mass is 79.9. The maximum atomic E-state index is 11.4. The van der Waals surface area contributed by atoms with Crippen molar-refractivity contribution in [2.75, 3.05) is 18.2 Å². The van der Waals surface area contributed by atoms with Crippen molar-refractivity contribution in [2.24, 2.45) is 5.73 Å².